The molecule has 0 bridgehead atoms. The van der Waals surface area contributed by atoms with Gasteiger partial charge < -0.3 is 15.4 Å². The Morgan fingerprint density at radius 2 is 2.15 bits per heavy atom. The van der Waals surface area contributed by atoms with Crippen LogP contribution < -0.4 is 5.32 Å². The normalized spacial score (nSPS) is 10.7. The molecule has 134 valence electrons. The average molecular weight is 375 g/mol. The van der Waals surface area contributed by atoms with Gasteiger partial charge in [0.15, 0.2) is 0 Å². The van der Waals surface area contributed by atoms with Crippen LogP contribution in [0.3, 0.4) is 0 Å². The number of nitrogens with one attached hydrogen (secondary N) is 1. The number of anilines is 1. The van der Waals surface area contributed by atoms with E-state index in [1.807, 2.05) is 18.2 Å². The van der Waals surface area contributed by atoms with Crippen molar-refractivity contribution in [1.82, 2.24) is 19.6 Å². The zero-order valence-electron chi connectivity index (χ0n) is 13.6. The first-order valence-corrected chi connectivity index (χ1v) is 8.12. The van der Waals surface area contributed by atoms with Crippen LogP contribution in [0, 0.1) is 10.1 Å². The van der Waals surface area contributed by atoms with Gasteiger partial charge in [-0.15, -0.1) is 0 Å². The fourth-order valence-electron chi connectivity index (χ4n) is 2.37. The maximum absolute atomic E-state index is 12.1. The molecular weight excluding hydrogens is 360 g/mol. The van der Waals surface area contributed by atoms with Crippen molar-refractivity contribution in [2.24, 2.45) is 0 Å². The molecule has 10 heteroatoms. The van der Waals surface area contributed by atoms with Gasteiger partial charge in [0.05, 0.1) is 41.7 Å². The topological polar surface area (TPSA) is 108 Å². The summed E-state index contributed by atoms with van der Waals surface area (Å²) < 4.78 is 3.07. The van der Waals surface area contributed by atoms with Crippen LogP contribution in [0.1, 0.15) is 12.0 Å². The van der Waals surface area contributed by atoms with Crippen LogP contribution in [-0.2, 0) is 17.9 Å². The molecule has 3 rings (SSSR count). The molecule has 0 spiro atoms. The Hall–Kier alpha value is -3.20. The third kappa shape index (κ3) is 4.67. The van der Waals surface area contributed by atoms with Crippen molar-refractivity contribution in [1.29, 1.82) is 0 Å². The smallest absolute Gasteiger partial charge is 0.358 e. The van der Waals surface area contributed by atoms with Crippen LogP contribution in [0.5, 0.6) is 0 Å². The van der Waals surface area contributed by atoms with Crippen molar-refractivity contribution in [3.05, 3.63) is 69.6 Å². The van der Waals surface area contributed by atoms with Crippen LogP contribution in [0.4, 0.5) is 11.5 Å². The zero-order chi connectivity index (χ0) is 18.5. The number of hydrogen-bond acceptors (Lipinski definition) is 5. The summed E-state index contributed by atoms with van der Waals surface area (Å²) in [6.07, 6.45) is 4.90. The first-order valence-electron chi connectivity index (χ1n) is 7.74. The van der Waals surface area contributed by atoms with Crippen LogP contribution in [-0.4, -0.2) is 30.4 Å². The minimum Gasteiger partial charge on any atom is -0.358 e. The van der Waals surface area contributed by atoms with Gasteiger partial charge in [-0.05, 0) is 22.6 Å². The number of aryl methyl sites for hydroxylation is 1. The van der Waals surface area contributed by atoms with Gasteiger partial charge >= 0.3 is 5.82 Å². The molecule has 0 radical (unpaired) electrons. The molecule has 3 aromatic rings. The Kier molecular flexibility index (Phi) is 5.28. The quantitative estimate of drug-likeness (QED) is 0.505. The number of nitro groups is 1. The average Bonchev–Trinajstić information content (AvgIpc) is 3.22. The molecule has 26 heavy (non-hydrogen) atoms. The minimum absolute atomic E-state index is 0.151. The van der Waals surface area contributed by atoms with Crippen molar-refractivity contribution < 1.29 is 9.72 Å². The molecule has 0 unspecified atom stereocenters. The maximum Gasteiger partial charge on any atom is 0.389 e. The van der Waals surface area contributed by atoms with E-state index in [0.717, 1.165) is 5.56 Å². The molecule has 2 heterocycles. The minimum atomic E-state index is -0.575. The summed E-state index contributed by atoms with van der Waals surface area (Å²) >= 11 is 5.85. The standard InChI is InChI=1S/C16H15ClN6O3/c17-13-9-18-22(11-13)10-12-2-1-3-14(8-12)19-16(24)5-7-21-6-4-15(20-21)23(25)26/h1-4,6,8-9,11H,5,7,10H2,(H,19,24). The van der Waals surface area contributed by atoms with Crippen molar-refractivity contribution in [3.63, 3.8) is 0 Å². The molecule has 0 aliphatic rings. The van der Waals surface area contributed by atoms with Crippen LogP contribution in [0.2, 0.25) is 5.02 Å². The number of halogens is 1. The van der Waals surface area contributed by atoms with E-state index in [2.05, 4.69) is 15.5 Å². The Morgan fingerprint density at radius 3 is 2.85 bits per heavy atom. The highest BCUT2D eigenvalue weighted by molar-refractivity contribution is 6.30. The Labute approximate surface area is 153 Å². The lowest BCUT2D eigenvalue weighted by Gasteiger charge is -2.07. The molecule has 0 aliphatic carbocycles. The molecular formula is C16H15ClN6O3. The van der Waals surface area contributed by atoms with E-state index in [1.165, 1.54) is 16.9 Å². The van der Waals surface area contributed by atoms with E-state index in [4.69, 9.17) is 11.6 Å². The number of amides is 1. The second-order valence-electron chi connectivity index (χ2n) is 5.55. The lowest BCUT2D eigenvalue weighted by Crippen LogP contribution is -2.15. The molecule has 9 nitrogen and oxygen atoms in total. The molecule has 2 aromatic heterocycles. The molecule has 0 saturated heterocycles. The highest BCUT2D eigenvalue weighted by atomic mass is 35.5. The summed E-state index contributed by atoms with van der Waals surface area (Å²) in [7, 11) is 0. The summed E-state index contributed by atoms with van der Waals surface area (Å²) in [4.78, 5) is 22.1. The van der Waals surface area contributed by atoms with Crippen molar-refractivity contribution in [2.75, 3.05) is 5.32 Å². The first kappa shape index (κ1) is 17.6. The predicted molar refractivity (Wildman–Crippen MR) is 94.9 cm³/mol. The van der Waals surface area contributed by atoms with Crippen molar-refractivity contribution in [3.8, 4) is 0 Å². The molecule has 0 atom stereocenters. The van der Waals surface area contributed by atoms with Crippen LogP contribution >= 0.6 is 11.6 Å². The predicted octanol–water partition coefficient (Wildman–Crippen LogP) is 2.72. The van der Waals surface area contributed by atoms with Gasteiger partial charge in [-0.25, -0.2) is 0 Å². The number of aromatic nitrogens is 4. The highest BCUT2D eigenvalue weighted by Gasteiger charge is 2.12. The lowest BCUT2D eigenvalue weighted by atomic mass is 10.2. The molecule has 0 saturated carbocycles. The van der Waals surface area contributed by atoms with Crippen molar-refractivity contribution in [2.45, 2.75) is 19.5 Å². The molecule has 1 aromatic carbocycles. The number of carbonyl (C=O) groups is 1. The molecule has 0 fully saturated rings. The zero-order valence-corrected chi connectivity index (χ0v) is 14.3. The summed E-state index contributed by atoms with van der Waals surface area (Å²) in [6.45, 7) is 0.790. The van der Waals surface area contributed by atoms with Gasteiger partial charge in [0, 0.05) is 18.3 Å². The van der Waals surface area contributed by atoms with Gasteiger partial charge in [0.1, 0.15) is 0 Å². The number of rotatable bonds is 7. The summed E-state index contributed by atoms with van der Waals surface area (Å²) in [5, 5.41) is 21.8. The third-order valence-corrected chi connectivity index (χ3v) is 3.73. The highest BCUT2D eigenvalue weighted by Crippen LogP contribution is 2.14. The Bertz CT molecular complexity index is 935. The van der Waals surface area contributed by atoms with E-state index in [1.54, 1.807) is 23.1 Å². The lowest BCUT2D eigenvalue weighted by molar-refractivity contribution is -0.389. The second kappa shape index (κ2) is 7.79. The number of nitrogens with zero attached hydrogens (tertiary/aromatic N) is 5. The molecule has 1 amide bonds. The summed E-state index contributed by atoms with van der Waals surface area (Å²) in [6, 6.07) is 8.70. The Morgan fingerprint density at radius 1 is 1.31 bits per heavy atom. The summed E-state index contributed by atoms with van der Waals surface area (Å²) in [5.41, 5.74) is 1.63. The van der Waals surface area contributed by atoms with E-state index in [9.17, 15) is 14.9 Å². The SMILES string of the molecule is O=C(CCn1ccc([N+](=O)[O-])n1)Nc1cccc(Cn2cc(Cl)cn2)c1. The first-order chi connectivity index (χ1) is 12.5. The maximum atomic E-state index is 12.1. The third-order valence-electron chi connectivity index (χ3n) is 3.54. The molecule has 1 N–H and O–H groups in total. The van der Waals surface area contributed by atoms with E-state index < -0.39 is 4.92 Å². The monoisotopic (exact) mass is 374 g/mol. The van der Waals surface area contributed by atoms with Gasteiger partial charge in [-0.3, -0.25) is 9.48 Å². The van der Waals surface area contributed by atoms with Crippen LogP contribution in [0.15, 0.2) is 48.9 Å². The van der Waals surface area contributed by atoms with Gasteiger partial charge in [-0.1, -0.05) is 23.7 Å². The van der Waals surface area contributed by atoms with E-state index >= 15 is 0 Å². The van der Waals surface area contributed by atoms with Crippen LogP contribution in [0.25, 0.3) is 0 Å². The van der Waals surface area contributed by atoms with Crippen molar-refractivity contribution >= 4 is 29.0 Å². The number of carbonyl (C=O) groups excluding carboxylic acids is 1. The second-order valence-corrected chi connectivity index (χ2v) is 5.99. The van der Waals surface area contributed by atoms with Gasteiger partial charge in [0.2, 0.25) is 5.91 Å². The number of benzene rings is 1. The van der Waals surface area contributed by atoms with E-state index in [-0.39, 0.29) is 24.7 Å². The Balaban J connectivity index is 1.55. The fourth-order valence-corrected chi connectivity index (χ4v) is 2.53. The number of hydrogen-bond donors (Lipinski definition) is 1. The molecule has 0 aliphatic heterocycles. The fraction of sp³-hybridized carbons (Fsp3) is 0.188. The van der Waals surface area contributed by atoms with Gasteiger partial charge in [0.25, 0.3) is 0 Å². The summed E-state index contributed by atoms with van der Waals surface area (Å²) in [5.74, 6) is -0.445. The van der Waals surface area contributed by atoms with Gasteiger partial charge in [-0.2, -0.15) is 9.78 Å². The largest absolute Gasteiger partial charge is 0.389 e. The van der Waals surface area contributed by atoms with E-state index in [0.29, 0.717) is 17.3 Å².